The van der Waals surface area contributed by atoms with E-state index in [9.17, 15) is 13.2 Å². The maximum atomic E-state index is 12.4. The smallest absolute Gasteiger partial charge is 0.261 e. The molecule has 5 nitrogen and oxygen atoms in total. The molecule has 1 amide bonds. The predicted molar refractivity (Wildman–Crippen MR) is 91.1 cm³/mol. The number of hydrogen-bond acceptors (Lipinski definition) is 3. The third-order valence-electron chi connectivity index (χ3n) is 3.24. The minimum atomic E-state index is -3.67. The first-order valence-corrected chi connectivity index (χ1v) is 8.88. The normalized spacial score (nSPS) is 11.0. The van der Waals surface area contributed by atoms with Crippen molar-refractivity contribution in [3.8, 4) is 0 Å². The summed E-state index contributed by atoms with van der Waals surface area (Å²) in [6.07, 6.45) is 0.839. The summed E-state index contributed by atoms with van der Waals surface area (Å²) in [5, 5.41) is 2.76. The lowest BCUT2D eigenvalue weighted by atomic mass is 10.2. The zero-order chi connectivity index (χ0) is 16.9. The summed E-state index contributed by atoms with van der Waals surface area (Å²) in [6.45, 7) is 4.44. The minimum Gasteiger partial charge on any atom is -0.352 e. The van der Waals surface area contributed by atoms with E-state index in [2.05, 4.69) is 10.0 Å². The van der Waals surface area contributed by atoms with Crippen molar-refractivity contribution in [1.82, 2.24) is 5.32 Å². The van der Waals surface area contributed by atoms with Crippen molar-refractivity contribution in [3.63, 3.8) is 0 Å². The first-order valence-electron chi connectivity index (χ1n) is 7.40. The monoisotopic (exact) mass is 332 g/mol. The van der Waals surface area contributed by atoms with Gasteiger partial charge in [0.1, 0.15) is 0 Å². The summed E-state index contributed by atoms with van der Waals surface area (Å²) >= 11 is 0. The van der Waals surface area contributed by atoms with Gasteiger partial charge in [-0.2, -0.15) is 0 Å². The molecule has 0 aliphatic carbocycles. The van der Waals surface area contributed by atoms with Gasteiger partial charge in [-0.1, -0.05) is 30.7 Å². The van der Waals surface area contributed by atoms with Crippen LogP contribution in [0, 0.1) is 6.92 Å². The number of sulfonamides is 1. The van der Waals surface area contributed by atoms with Crippen LogP contribution in [-0.2, 0) is 10.0 Å². The van der Waals surface area contributed by atoms with E-state index in [4.69, 9.17) is 0 Å². The molecule has 0 bridgehead atoms. The Morgan fingerprint density at radius 2 is 1.78 bits per heavy atom. The molecule has 0 aromatic heterocycles. The van der Waals surface area contributed by atoms with Gasteiger partial charge in [0, 0.05) is 17.8 Å². The van der Waals surface area contributed by atoms with Crippen LogP contribution in [0.15, 0.2) is 53.4 Å². The van der Waals surface area contributed by atoms with Crippen LogP contribution >= 0.6 is 0 Å². The van der Waals surface area contributed by atoms with Crippen LogP contribution in [0.25, 0.3) is 0 Å². The van der Waals surface area contributed by atoms with Gasteiger partial charge in [-0.3, -0.25) is 9.52 Å². The Bertz CT molecular complexity index is 784. The third-order valence-corrected chi connectivity index (χ3v) is 4.64. The van der Waals surface area contributed by atoms with Crippen molar-refractivity contribution >= 4 is 21.6 Å². The number of carbonyl (C=O) groups is 1. The van der Waals surface area contributed by atoms with Gasteiger partial charge >= 0.3 is 0 Å². The summed E-state index contributed by atoms with van der Waals surface area (Å²) < 4.78 is 27.2. The van der Waals surface area contributed by atoms with Gasteiger partial charge in [-0.15, -0.1) is 0 Å². The van der Waals surface area contributed by atoms with Crippen LogP contribution in [-0.4, -0.2) is 20.9 Å². The largest absolute Gasteiger partial charge is 0.352 e. The standard InChI is InChI=1S/C17H20N2O3S/c1-3-11-18-17(20)14-5-4-6-15(12-14)19-23(21,22)16-9-7-13(2)8-10-16/h4-10,12,19H,3,11H2,1-2H3,(H,18,20). The summed E-state index contributed by atoms with van der Waals surface area (Å²) in [5.41, 5.74) is 1.76. The Morgan fingerprint density at radius 3 is 2.43 bits per heavy atom. The Morgan fingerprint density at radius 1 is 1.09 bits per heavy atom. The highest BCUT2D eigenvalue weighted by molar-refractivity contribution is 7.92. The molecule has 0 aliphatic heterocycles. The zero-order valence-corrected chi connectivity index (χ0v) is 14.0. The zero-order valence-electron chi connectivity index (χ0n) is 13.2. The van der Waals surface area contributed by atoms with Crippen molar-refractivity contribution in [2.24, 2.45) is 0 Å². The molecule has 0 heterocycles. The lowest BCUT2D eigenvalue weighted by molar-refractivity contribution is 0.0953. The van der Waals surface area contributed by atoms with Crippen LogP contribution in [0.4, 0.5) is 5.69 Å². The Balaban J connectivity index is 2.19. The molecule has 0 fully saturated rings. The first-order chi connectivity index (χ1) is 10.9. The molecule has 0 saturated heterocycles. The number of amides is 1. The molecule has 2 N–H and O–H groups in total. The number of anilines is 1. The topological polar surface area (TPSA) is 75.3 Å². The highest BCUT2D eigenvalue weighted by atomic mass is 32.2. The summed E-state index contributed by atoms with van der Waals surface area (Å²) in [4.78, 5) is 12.1. The second-order valence-electron chi connectivity index (χ2n) is 5.26. The van der Waals surface area contributed by atoms with Gasteiger partial charge in [-0.05, 0) is 43.7 Å². The Hall–Kier alpha value is -2.34. The maximum Gasteiger partial charge on any atom is 0.261 e. The highest BCUT2D eigenvalue weighted by Gasteiger charge is 2.14. The molecule has 2 aromatic rings. The molecular weight excluding hydrogens is 312 g/mol. The van der Waals surface area contributed by atoms with Crippen molar-refractivity contribution in [1.29, 1.82) is 0 Å². The molecule has 0 saturated carbocycles. The maximum absolute atomic E-state index is 12.4. The van der Waals surface area contributed by atoms with E-state index in [-0.39, 0.29) is 10.8 Å². The van der Waals surface area contributed by atoms with E-state index >= 15 is 0 Å². The fourth-order valence-corrected chi connectivity index (χ4v) is 3.05. The molecule has 0 atom stereocenters. The molecule has 122 valence electrons. The van der Waals surface area contributed by atoms with E-state index in [1.807, 2.05) is 13.8 Å². The van der Waals surface area contributed by atoms with Crippen LogP contribution in [0.2, 0.25) is 0 Å². The van der Waals surface area contributed by atoms with Crippen molar-refractivity contribution < 1.29 is 13.2 Å². The Kier molecular flexibility index (Phi) is 5.39. The number of benzene rings is 2. The minimum absolute atomic E-state index is 0.184. The molecule has 0 unspecified atom stereocenters. The van der Waals surface area contributed by atoms with E-state index in [0.29, 0.717) is 17.8 Å². The van der Waals surface area contributed by atoms with Gasteiger partial charge in [0.2, 0.25) is 0 Å². The third kappa shape index (κ3) is 4.56. The molecule has 0 spiro atoms. The fraction of sp³-hybridized carbons (Fsp3) is 0.235. The lowest BCUT2D eigenvalue weighted by Crippen LogP contribution is -2.24. The molecule has 0 aliphatic rings. The number of nitrogens with one attached hydrogen (secondary N) is 2. The lowest BCUT2D eigenvalue weighted by Gasteiger charge is -2.10. The average Bonchev–Trinajstić information content (AvgIpc) is 2.53. The number of rotatable bonds is 6. The Labute approximate surface area is 136 Å². The van der Waals surface area contributed by atoms with E-state index < -0.39 is 10.0 Å². The van der Waals surface area contributed by atoms with Crippen LogP contribution in [0.3, 0.4) is 0 Å². The van der Waals surface area contributed by atoms with E-state index in [1.54, 1.807) is 42.5 Å². The van der Waals surface area contributed by atoms with Gasteiger partial charge in [0.15, 0.2) is 0 Å². The van der Waals surface area contributed by atoms with Crippen molar-refractivity contribution in [3.05, 3.63) is 59.7 Å². The fourth-order valence-electron chi connectivity index (χ4n) is 2.00. The van der Waals surface area contributed by atoms with Crippen LogP contribution in [0.1, 0.15) is 29.3 Å². The number of aryl methyl sites for hydroxylation is 1. The van der Waals surface area contributed by atoms with Gasteiger partial charge in [-0.25, -0.2) is 8.42 Å². The summed E-state index contributed by atoms with van der Waals surface area (Å²) in [6, 6.07) is 13.0. The molecule has 6 heteroatoms. The van der Waals surface area contributed by atoms with Gasteiger partial charge in [0.25, 0.3) is 15.9 Å². The predicted octanol–water partition coefficient (Wildman–Crippen LogP) is 2.94. The molecule has 0 radical (unpaired) electrons. The summed E-state index contributed by atoms with van der Waals surface area (Å²) in [7, 11) is -3.67. The SMILES string of the molecule is CCCNC(=O)c1cccc(NS(=O)(=O)c2ccc(C)cc2)c1. The van der Waals surface area contributed by atoms with Gasteiger partial charge < -0.3 is 5.32 Å². The van der Waals surface area contributed by atoms with E-state index in [1.165, 1.54) is 6.07 Å². The number of hydrogen-bond donors (Lipinski definition) is 2. The van der Waals surface area contributed by atoms with Crippen molar-refractivity contribution in [2.45, 2.75) is 25.2 Å². The van der Waals surface area contributed by atoms with Crippen LogP contribution in [0.5, 0.6) is 0 Å². The number of carbonyl (C=O) groups excluding carboxylic acids is 1. The second kappa shape index (κ2) is 7.28. The molecule has 2 rings (SSSR count). The highest BCUT2D eigenvalue weighted by Crippen LogP contribution is 2.17. The quantitative estimate of drug-likeness (QED) is 0.854. The second-order valence-corrected chi connectivity index (χ2v) is 6.94. The van der Waals surface area contributed by atoms with Gasteiger partial charge in [0.05, 0.1) is 4.90 Å². The summed E-state index contributed by atoms with van der Waals surface area (Å²) in [5.74, 6) is -0.219. The first kappa shape index (κ1) is 17.0. The van der Waals surface area contributed by atoms with Crippen molar-refractivity contribution in [2.75, 3.05) is 11.3 Å². The van der Waals surface area contributed by atoms with Crippen LogP contribution < -0.4 is 10.0 Å². The average molecular weight is 332 g/mol. The molecular formula is C17H20N2O3S. The molecule has 2 aromatic carbocycles. The molecule has 23 heavy (non-hydrogen) atoms. The van der Waals surface area contributed by atoms with E-state index in [0.717, 1.165) is 12.0 Å².